The van der Waals surface area contributed by atoms with Crippen LogP contribution < -0.4 is 0 Å². The summed E-state index contributed by atoms with van der Waals surface area (Å²) in [6, 6.07) is 7.63. The Balaban J connectivity index is 1.26. The zero-order chi connectivity index (χ0) is 31.4. The first-order valence-electron chi connectivity index (χ1n) is 17.6. The van der Waals surface area contributed by atoms with Crippen molar-refractivity contribution in [1.82, 2.24) is 14.8 Å². The van der Waals surface area contributed by atoms with Crippen molar-refractivity contribution in [2.24, 2.45) is 64.2 Å². The summed E-state index contributed by atoms with van der Waals surface area (Å²) in [5.74, 6) is 4.62. The van der Waals surface area contributed by atoms with Gasteiger partial charge in [0.15, 0.2) is 0 Å². The third-order valence-corrected chi connectivity index (χ3v) is 15.5. The Labute approximate surface area is 265 Å². The Morgan fingerprint density at radius 2 is 1.64 bits per heavy atom. The Bertz CT molecular complexity index is 1490. The molecular formula is C39H55N3O2. The second-order valence-electron chi connectivity index (χ2n) is 17.4. The molecule has 4 fully saturated rings. The lowest BCUT2D eigenvalue weighted by molar-refractivity contribution is -0.221. The van der Waals surface area contributed by atoms with E-state index in [2.05, 4.69) is 71.4 Å². The van der Waals surface area contributed by atoms with Crippen molar-refractivity contribution in [2.75, 3.05) is 0 Å². The van der Waals surface area contributed by atoms with Crippen molar-refractivity contribution in [3.8, 4) is 0 Å². The third kappa shape index (κ3) is 3.79. The second kappa shape index (κ2) is 9.79. The Kier molecular flexibility index (Phi) is 6.72. The quantitative estimate of drug-likeness (QED) is 0.381. The number of rotatable bonds is 4. The number of carbonyl (C=O) groups is 1. The van der Waals surface area contributed by atoms with E-state index in [1.165, 1.54) is 68.3 Å². The third-order valence-electron chi connectivity index (χ3n) is 15.5. The summed E-state index contributed by atoms with van der Waals surface area (Å²) in [6.07, 6.45) is 15.9. The van der Waals surface area contributed by atoms with Gasteiger partial charge in [-0.25, -0.2) is 9.78 Å². The molecule has 0 saturated heterocycles. The monoisotopic (exact) mass is 597 g/mol. The molecule has 5 heteroatoms. The number of hydrogen-bond acceptors (Lipinski definition) is 3. The number of aryl methyl sites for hydroxylation is 1. The standard InChI is InChI=1S/C39H55N3O2/c1-24(2)27-15-20-39(34-40-23-41-42(34)8)22-21-37(6)29(32(27)39)13-14-31-36(5)18-16-28(25-9-11-26(12-10-25)33(43)44)35(3,4)30(36)17-19-38(31,37)7/h9-12,16,23-24,27,29-32H,13-15,17-22H2,1-8H3,(H,43,44)/t27-,29+,30-,31+,32+,36-,37+,38+,39-/m0/s1. The van der Waals surface area contributed by atoms with Crippen molar-refractivity contribution in [2.45, 2.75) is 112 Å². The minimum absolute atomic E-state index is 0.0396. The maximum absolute atomic E-state index is 11.5. The fourth-order valence-corrected chi connectivity index (χ4v) is 13.4. The normalized spacial score (nSPS) is 42.6. The Morgan fingerprint density at radius 1 is 0.909 bits per heavy atom. The minimum atomic E-state index is -0.856. The highest BCUT2D eigenvalue weighted by Gasteiger charge is 2.71. The van der Waals surface area contributed by atoms with Crippen LogP contribution in [0.1, 0.15) is 128 Å². The average Bonchev–Trinajstić information content (AvgIpc) is 3.57. The van der Waals surface area contributed by atoms with Crippen LogP contribution in [0.4, 0.5) is 0 Å². The first-order valence-corrected chi connectivity index (χ1v) is 17.6. The molecule has 9 atom stereocenters. The van der Waals surface area contributed by atoms with E-state index in [1.807, 2.05) is 12.1 Å². The van der Waals surface area contributed by atoms with E-state index in [4.69, 9.17) is 4.98 Å². The lowest BCUT2D eigenvalue weighted by Gasteiger charge is -2.72. The molecule has 7 rings (SSSR count). The molecule has 0 amide bonds. The van der Waals surface area contributed by atoms with Gasteiger partial charge >= 0.3 is 5.97 Å². The van der Waals surface area contributed by atoms with E-state index in [9.17, 15) is 9.90 Å². The number of carboxylic acid groups (broad SMARTS) is 1. The molecule has 1 N–H and O–H groups in total. The van der Waals surface area contributed by atoms with Crippen LogP contribution in [-0.4, -0.2) is 25.8 Å². The molecular weight excluding hydrogens is 542 g/mol. The largest absolute Gasteiger partial charge is 0.478 e. The maximum atomic E-state index is 11.5. The summed E-state index contributed by atoms with van der Waals surface area (Å²) in [4.78, 5) is 16.5. The molecule has 0 spiro atoms. The van der Waals surface area contributed by atoms with E-state index in [1.54, 1.807) is 18.5 Å². The molecule has 0 unspecified atom stereocenters. The van der Waals surface area contributed by atoms with E-state index >= 15 is 0 Å². The van der Waals surface area contributed by atoms with Gasteiger partial charge in [-0.2, -0.15) is 5.10 Å². The summed E-state index contributed by atoms with van der Waals surface area (Å²) in [7, 11) is 2.12. The summed E-state index contributed by atoms with van der Waals surface area (Å²) < 4.78 is 2.11. The van der Waals surface area contributed by atoms with Crippen molar-refractivity contribution < 1.29 is 9.90 Å². The summed E-state index contributed by atoms with van der Waals surface area (Å²) in [5.41, 5.74) is 4.10. The molecule has 238 valence electrons. The van der Waals surface area contributed by atoms with Crippen LogP contribution in [0, 0.1) is 57.2 Å². The van der Waals surface area contributed by atoms with E-state index in [0.29, 0.717) is 40.1 Å². The zero-order valence-electron chi connectivity index (χ0n) is 28.5. The lowest BCUT2D eigenvalue weighted by Crippen LogP contribution is -2.66. The summed E-state index contributed by atoms with van der Waals surface area (Å²) >= 11 is 0. The highest BCUT2D eigenvalue weighted by atomic mass is 16.4. The topological polar surface area (TPSA) is 68.0 Å². The maximum Gasteiger partial charge on any atom is 0.335 e. The first kappa shape index (κ1) is 30.2. The van der Waals surface area contributed by atoms with Crippen molar-refractivity contribution >= 4 is 11.5 Å². The van der Waals surface area contributed by atoms with Crippen LogP contribution >= 0.6 is 0 Å². The van der Waals surface area contributed by atoms with Gasteiger partial charge in [-0.3, -0.25) is 4.68 Å². The average molecular weight is 598 g/mol. The zero-order valence-corrected chi connectivity index (χ0v) is 28.5. The second-order valence-corrected chi connectivity index (χ2v) is 17.4. The van der Waals surface area contributed by atoms with Gasteiger partial charge in [0, 0.05) is 12.5 Å². The summed E-state index contributed by atoms with van der Waals surface area (Å²) in [5, 5.41) is 14.1. The van der Waals surface area contributed by atoms with Gasteiger partial charge in [-0.1, -0.05) is 66.7 Å². The van der Waals surface area contributed by atoms with Gasteiger partial charge < -0.3 is 5.11 Å². The van der Waals surface area contributed by atoms with Gasteiger partial charge in [-0.15, -0.1) is 0 Å². The van der Waals surface area contributed by atoms with Crippen LogP contribution in [0.2, 0.25) is 0 Å². The van der Waals surface area contributed by atoms with Crippen LogP contribution in [0.25, 0.3) is 5.57 Å². The molecule has 1 aromatic heterocycles. The van der Waals surface area contributed by atoms with Gasteiger partial charge in [0.05, 0.1) is 5.56 Å². The predicted molar refractivity (Wildman–Crippen MR) is 176 cm³/mol. The highest BCUT2D eigenvalue weighted by Crippen LogP contribution is 2.77. The van der Waals surface area contributed by atoms with E-state index < -0.39 is 5.97 Å². The molecule has 0 aliphatic heterocycles. The van der Waals surface area contributed by atoms with Crippen molar-refractivity contribution in [3.63, 3.8) is 0 Å². The van der Waals surface area contributed by atoms with Crippen molar-refractivity contribution in [1.29, 1.82) is 0 Å². The molecule has 5 nitrogen and oxygen atoms in total. The van der Waals surface area contributed by atoms with E-state index in [-0.39, 0.29) is 16.2 Å². The van der Waals surface area contributed by atoms with E-state index in [0.717, 1.165) is 18.3 Å². The van der Waals surface area contributed by atoms with Crippen LogP contribution in [-0.2, 0) is 12.5 Å². The number of fused-ring (bicyclic) bond motifs is 7. The number of hydrogen-bond donors (Lipinski definition) is 1. The molecule has 2 aromatic rings. The highest BCUT2D eigenvalue weighted by molar-refractivity contribution is 5.88. The molecule has 5 aliphatic rings. The molecule has 1 heterocycles. The Hall–Kier alpha value is -2.43. The first-order chi connectivity index (χ1) is 20.7. The van der Waals surface area contributed by atoms with Crippen LogP contribution in [0.5, 0.6) is 0 Å². The lowest BCUT2D eigenvalue weighted by atomic mass is 9.32. The SMILES string of the molecule is CC(C)[C@@H]1CC[C@]2(c3ncnn3C)CC[C@]3(C)[C@H](CC[C@@H]4[C@@]5(C)CC=C(c6ccc(C(=O)O)cc6)C(C)(C)[C@@H]5CC[C@]43C)[C@@H]12. The fourth-order valence-electron chi connectivity index (χ4n) is 13.4. The predicted octanol–water partition coefficient (Wildman–Crippen LogP) is 9.20. The number of aromatic nitrogens is 3. The van der Waals surface area contributed by atoms with Gasteiger partial charge in [0.1, 0.15) is 12.2 Å². The fraction of sp³-hybridized carbons (Fsp3) is 0.718. The minimum Gasteiger partial charge on any atom is -0.478 e. The smallest absolute Gasteiger partial charge is 0.335 e. The number of allylic oxidation sites excluding steroid dienone is 2. The summed E-state index contributed by atoms with van der Waals surface area (Å²) in [6.45, 7) is 18.0. The number of aromatic carboxylic acids is 1. The molecule has 1 aromatic carbocycles. The van der Waals surface area contributed by atoms with Gasteiger partial charge in [0.2, 0.25) is 0 Å². The molecule has 44 heavy (non-hydrogen) atoms. The molecule has 0 radical (unpaired) electrons. The van der Waals surface area contributed by atoms with Crippen molar-refractivity contribution in [3.05, 3.63) is 53.6 Å². The molecule has 5 aliphatic carbocycles. The van der Waals surface area contributed by atoms with Gasteiger partial charge in [0.25, 0.3) is 0 Å². The number of nitrogens with zero attached hydrogens (tertiary/aromatic N) is 3. The van der Waals surface area contributed by atoms with Crippen LogP contribution in [0.15, 0.2) is 36.7 Å². The van der Waals surface area contributed by atoms with Gasteiger partial charge in [-0.05, 0) is 138 Å². The Morgan fingerprint density at radius 3 is 2.27 bits per heavy atom. The number of benzene rings is 1. The molecule has 0 bridgehead atoms. The van der Waals surface area contributed by atoms with Crippen LogP contribution in [0.3, 0.4) is 0 Å². The number of carboxylic acids is 1. The molecule has 4 saturated carbocycles.